The van der Waals surface area contributed by atoms with Gasteiger partial charge in [0.25, 0.3) is 5.91 Å². The Kier molecular flexibility index (Phi) is 7.40. The number of rotatable bonds is 9. The lowest BCUT2D eigenvalue weighted by molar-refractivity contribution is 0.102. The normalized spacial score (nSPS) is 10.8. The monoisotopic (exact) mass is 539 g/mol. The van der Waals surface area contributed by atoms with Crippen molar-refractivity contribution in [1.82, 2.24) is 19.6 Å². The van der Waals surface area contributed by atoms with E-state index in [9.17, 15) is 4.79 Å². The number of carbonyl (C=O) groups is 1. The van der Waals surface area contributed by atoms with Gasteiger partial charge in [0, 0.05) is 10.7 Å². The Labute approximate surface area is 211 Å². The van der Waals surface area contributed by atoms with Crippen molar-refractivity contribution in [2.45, 2.75) is 27.1 Å². The molecule has 0 atom stereocenters. The fourth-order valence-corrected chi connectivity index (χ4v) is 3.85. The van der Waals surface area contributed by atoms with Crippen molar-refractivity contribution >= 4 is 27.5 Å². The molecule has 0 unspecified atom stereocenters. The highest BCUT2D eigenvalue weighted by atomic mass is 79.9. The molecule has 1 N–H and O–H groups in total. The summed E-state index contributed by atoms with van der Waals surface area (Å²) in [7, 11) is 3.21. The van der Waals surface area contributed by atoms with Gasteiger partial charge in [-0.05, 0) is 61.9 Å². The van der Waals surface area contributed by atoms with Gasteiger partial charge in [-0.2, -0.15) is 10.2 Å². The zero-order valence-corrected chi connectivity index (χ0v) is 21.5. The lowest BCUT2D eigenvalue weighted by atomic mass is 10.2. The van der Waals surface area contributed by atoms with Crippen LogP contribution in [0.4, 0.5) is 5.69 Å². The van der Waals surface area contributed by atoms with E-state index in [4.69, 9.17) is 14.2 Å². The number of ether oxygens (including phenoxy) is 3. The van der Waals surface area contributed by atoms with Gasteiger partial charge in [0.2, 0.25) is 0 Å². The molecule has 0 bridgehead atoms. The predicted octanol–water partition coefficient (Wildman–Crippen LogP) is 4.81. The number of benzene rings is 2. The van der Waals surface area contributed by atoms with Crippen LogP contribution >= 0.6 is 15.9 Å². The first-order chi connectivity index (χ1) is 16.9. The highest BCUT2D eigenvalue weighted by Gasteiger charge is 2.17. The van der Waals surface area contributed by atoms with Crippen LogP contribution in [0.3, 0.4) is 0 Å². The van der Waals surface area contributed by atoms with Gasteiger partial charge in [0.15, 0.2) is 23.9 Å². The molecule has 2 aromatic carbocycles. The van der Waals surface area contributed by atoms with Crippen molar-refractivity contribution in [2.75, 3.05) is 19.5 Å². The summed E-state index contributed by atoms with van der Waals surface area (Å²) in [5.74, 6) is 1.71. The number of amides is 1. The topological polar surface area (TPSA) is 92.4 Å². The van der Waals surface area contributed by atoms with Crippen molar-refractivity contribution in [3.63, 3.8) is 0 Å². The molecule has 9 nitrogen and oxygen atoms in total. The summed E-state index contributed by atoms with van der Waals surface area (Å²) in [6, 6.07) is 14.9. The van der Waals surface area contributed by atoms with Gasteiger partial charge in [0.1, 0.15) is 5.75 Å². The molecule has 2 aromatic heterocycles. The maximum atomic E-state index is 12.9. The van der Waals surface area contributed by atoms with Crippen molar-refractivity contribution < 1.29 is 19.0 Å². The Bertz CT molecular complexity index is 1330. The molecule has 10 heteroatoms. The van der Waals surface area contributed by atoms with Crippen LogP contribution in [0.5, 0.6) is 17.2 Å². The average Bonchev–Trinajstić information content (AvgIpc) is 3.44. The van der Waals surface area contributed by atoms with E-state index in [1.54, 1.807) is 31.2 Å². The lowest BCUT2D eigenvalue weighted by Crippen LogP contribution is -2.15. The zero-order valence-electron chi connectivity index (χ0n) is 19.9. The van der Waals surface area contributed by atoms with E-state index in [2.05, 4.69) is 31.4 Å². The second-order valence-corrected chi connectivity index (χ2v) is 8.73. The molecule has 0 fully saturated rings. The maximum Gasteiger partial charge on any atom is 0.276 e. The van der Waals surface area contributed by atoms with E-state index >= 15 is 0 Å². The fraction of sp³-hybridized carbons (Fsp3) is 0.240. The van der Waals surface area contributed by atoms with E-state index in [1.807, 2.05) is 61.0 Å². The summed E-state index contributed by atoms with van der Waals surface area (Å²) in [6.45, 7) is 4.49. The van der Waals surface area contributed by atoms with Gasteiger partial charge in [-0.1, -0.05) is 22.0 Å². The lowest BCUT2D eigenvalue weighted by Gasteiger charge is -2.11. The van der Waals surface area contributed by atoms with Crippen LogP contribution in [0, 0.1) is 13.8 Å². The number of hydrogen-bond acceptors (Lipinski definition) is 6. The van der Waals surface area contributed by atoms with Crippen LogP contribution in [0.15, 0.2) is 59.2 Å². The molecule has 0 spiro atoms. The van der Waals surface area contributed by atoms with Crippen molar-refractivity contribution in [2.24, 2.45) is 0 Å². The Morgan fingerprint density at radius 1 is 1.00 bits per heavy atom. The Morgan fingerprint density at radius 2 is 1.74 bits per heavy atom. The molecule has 0 aliphatic heterocycles. The Hall–Kier alpha value is -3.79. The molecule has 0 aliphatic carbocycles. The van der Waals surface area contributed by atoms with Crippen LogP contribution in [0.2, 0.25) is 0 Å². The number of hydrogen-bond donors (Lipinski definition) is 1. The van der Waals surface area contributed by atoms with Crippen LogP contribution in [-0.2, 0) is 13.3 Å². The first kappa shape index (κ1) is 24.3. The van der Waals surface area contributed by atoms with Crippen LogP contribution in [0.25, 0.3) is 0 Å². The van der Waals surface area contributed by atoms with Crippen molar-refractivity contribution in [3.05, 3.63) is 81.8 Å². The van der Waals surface area contributed by atoms with Crippen LogP contribution < -0.4 is 19.5 Å². The number of aromatic nitrogens is 4. The van der Waals surface area contributed by atoms with Crippen LogP contribution in [-0.4, -0.2) is 39.7 Å². The molecule has 182 valence electrons. The minimum absolute atomic E-state index is 0.191. The molecule has 1 amide bonds. The standard InChI is InChI=1S/C25H26BrN5O4/c1-16-24(17(2)31(28-16)14-18-5-10-22(33-3)23(13-18)34-4)27-25(32)21-11-12-30(29-21)15-35-20-8-6-19(26)7-9-20/h5-13H,14-15H2,1-4H3,(H,27,32). The Morgan fingerprint density at radius 3 is 2.46 bits per heavy atom. The number of carbonyl (C=O) groups excluding carboxylic acids is 1. The molecule has 35 heavy (non-hydrogen) atoms. The minimum Gasteiger partial charge on any atom is -0.493 e. The second kappa shape index (κ2) is 10.6. The maximum absolute atomic E-state index is 12.9. The number of anilines is 1. The molecule has 0 aliphatic rings. The SMILES string of the molecule is COc1ccc(Cn2nc(C)c(NC(=O)c3ccn(COc4ccc(Br)cc4)n3)c2C)cc1OC. The molecule has 0 radical (unpaired) electrons. The summed E-state index contributed by atoms with van der Waals surface area (Å²) < 4.78 is 20.8. The van der Waals surface area contributed by atoms with E-state index in [1.165, 1.54) is 0 Å². The number of aryl methyl sites for hydroxylation is 1. The quantitative estimate of drug-likeness (QED) is 0.328. The average molecular weight is 540 g/mol. The van der Waals surface area contributed by atoms with Gasteiger partial charge in [-0.3, -0.25) is 9.48 Å². The highest BCUT2D eigenvalue weighted by Crippen LogP contribution is 2.29. The van der Waals surface area contributed by atoms with Gasteiger partial charge in [-0.15, -0.1) is 0 Å². The fourth-order valence-electron chi connectivity index (χ4n) is 3.59. The van der Waals surface area contributed by atoms with E-state index in [0.717, 1.165) is 15.7 Å². The van der Waals surface area contributed by atoms with Gasteiger partial charge < -0.3 is 19.5 Å². The van der Waals surface area contributed by atoms with Crippen molar-refractivity contribution in [1.29, 1.82) is 0 Å². The number of nitrogens with zero attached hydrogens (tertiary/aromatic N) is 4. The number of nitrogens with one attached hydrogen (secondary N) is 1. The third-order valence-electron chi connectivity index (χ3n) is 5.45. The number of halogens is 1. The second-order valence-electron chi connectivity index (χ2n) is 7.81. The minimum atomic E-state index is -0.316. The molecule has 0 saturated heterocycles. The summed E-state index contributed by atoms with van der Waals surface area (Å²) in [4.78, 5) is 12.9. The Balaban J connectivity index is 1.42. The molecule has 2 heterocycles. The van der Waals surface area contributed by atoms with Gasteiger partial charge >= 0.3 is 0 Å². The molecule has 4 rings (SSSR count). The molecular formula is C25H26BrN5O4. The molecule has 4 aromatic rings. The molecule has 0 saturated carbocycles. The summed E-state index contributed by atoms with van der Waals surface area (Å²) in [5.41, 5.74) is 3.50. The smallest absolute Gasteiger partial charge is 0.276 e. The first-order valence-corrected chi connectivity index (χ1v) is 11.7. The van der Waals surface area contributed by atoms with E-state index in [0.29, 0.717) is 35.2 Å². The van der Waals surface area contributed by atoms with Crippen molar-refractivity contribution in [3.8, 4) is 17.2 Å². The van der Waals surface area contributed by atoms with Crippen LogP contribution in [0.1, 0.15) is 27.4 Å². The summed E-state index contributed by atoms with van der Waals surface area (Å²) in [5, 5.41) is 11.9. The predicted molar refractivity (Wildman–Crippen MR) is 135 cm³/mol. The molecular weight excluding hydrogens is 514 g/mol. The third kappa shape index (κ3) is 5.65. The van der Waals surface area contributed by atoms with E-state index < -0.39 is 0 Å². The van der Waals surface area contributed by atoms with Gasteiger partial charge in [0.05, 0.1) is 37.8 Å². The van der Waals surface area contributed by atoms with E-state index in [-0.39, 0.29) is 18.3 Å². The first-order valence-electron chi connectivity index (χ1n) is 10.9. The number of methoxy groups -OCH3 is 2. The highest BCUT2D eigenvalue weighted by molar-refractivity contribution is 9.10. The largest absolute Gasteiger partial charge is 0.493 e. The third-order valence-corrected chi connectivity index (χ3v) is 5.98. The zero-order chi connectivity index (χ0) is 24.9. The van der Waals surface area contributed by atoms with Gasteiger partial charge in [-0.25, -0.2) is 4.68 Å². The summed E-state index contributed by atoms with van der Waals surface area (Å²) >= 11 is 3.39. The summed E-state index contributed by atoms with van der Waals surface area (Å²) in [6.07, 6.45) is 1.70.